The molecule has 176 valence electrons. The van der Waals surface area contributed by atoms with Crippen molar-refractivity contribution in [3.8, 4) is 11.1 Å². The summed E-state index contributed by atoms with van der Waals surface area (Å²) in [4.78, 5) is 18.8. The molecule has 0 N–H and O–H groups in total. The van der Waals surface area contributed by atoms with E-state index < -0.39 is 5.60 Å². The van der Waals surface area contributed by atoms with Crippen LogP contribution in [0.2, 0.25) is 0 Å². The monoisotopic (exact) mass is 446 g/mol. The lowest BCUT2D eigenvalue weighted by Gasteiger charge is -2.42. The van der Waals surface area contributed by atoms with E-state index in [2.05, 4.69) is 69.1 Å². The molecule has 0 saturated heterocycles. The van der Waals surface area contributed by atoms with Crippen molar-refractivity contribution in [2.24, 2.45) is 0 Å². The third-order valence-corrected chi connectivity index (χ3v) is 7.14. The van der Waals surface area contributed by atoms with E-state index in [1.807, 2.05) is 27.0 Å². The average molecular weight is 447 g/mol. The number of benzene rings is 1. The molecule has 1 aromatic heterocycles. The fourth-order valence-electron chi connectivity index (χ4n) is 4.95. The molecule has 0 saturated carbocycles. The zero-order chi connectivity index (χ0) is 24.0. The number of fused-ring (bicyclic) bond motifs is 1. The molecule has 4 rings (SSSR count). The number of carbonyl (C=O) groups is 1. The molecule has 0 atom stereocenters. The topological polar surface area (TPSA) is 42.4 Å². The number of amides is 1. The van der Waals surface area contributed by atoms with Gasteiger partial charge in [0.15, 0.2) is 0 Å². The van der Waals surface area contributed by atoms with Gasteiger partial charge in [0.05, 0.1) is 5.69 Å². The van der Waals surface area contributed by atoms with Gasteiger partial charge in [0.2, 0.25) is 0 Å². The molecule has 1 aromatic carbocycles. The maximum absolute atomic E-state index is 12.4. The Morgan fingerprint density at radius 2 is 1.64 bits per heavy atom. The zero-order valence-electron chi connectivity index (χ0n) is 21.3. The smallest absolute Gasteiger partial charge is 0.410 e. The van der Waals surface area contributed by atoms with E-state index in [1.165, 1.54) is 40.7 Å². The van der Waals surface area contributed by atoms with Gasteiger partial charge in [0.1, 0.15) is 5.60 Å². The number of aromatic nitrogens is 1. The fraction of sp³-hybridized carbons (Fsp3) is 0.517. The molecule has 2 aromatic rings. The second-order valence-corrected chi connectivity index (χ2v) is 11.9. The summed E-state index contributed by atoms with van der Waals surface area (Å²) in [6.45, 7) is 16.4. The first-order valence-corrected chi connectivity index (χ1v) is 12.1. The summed E-state index contributed by atoms with van der Waals surface area (Å²) < 4.78 is 5.51. The van der Waals surface area contributed by atoms with Crippen LogP contribution in [0, 0.1) is 0 Å². The van der Waals surface area contributed by atoms with Crippen LogP contribution in [-0.4, -0.2) is 34.7 Å². The van der Waals surface area contributed by atoms with Gasteiger partial charge in [-0.05, 0) is 90.8 Å². The first-order chi connectivity index (χ1) is 15.4. The van der Waals surface area contributed by atoms with Gasteiger partial charge in [-0.2, -0.15) is 0 Å². The van der Waals surface area contributed by atoms with Gasteiger partial charge in [-0.25, -0.2) is 4.79 Å². The Balaban J connectivity index is 1.58. The van der Waals surface area contributed by atoms with Crippen molar-refractivity contribution < 1.29 is 9.53 Å². The molecule has 1 aliphatic heterocycles. The Bertz CT molecular complexity index is 1090. The number of pyridine rings is 1. The molecule has 2 heterocycles. The summed E-state index contributed by atoms with van der Waals surface area (Å²) in [6.07, 6.45) is 6.97. The molecular weight excluding hydrogens is 408 g/mol. The standard InChI is InChI=1S/C29H38N2O2/c1-27(2,3)33-26(32)31-16-11-20(12-17-31)25-19-22(10-15-30-25)21-8-9-23-24(18-21)29(6,7)14-13-28(23,4)5/h8-11,15,18-19H,12-14,16-17H2,1-7H3. The number of nitrogens with zero attached hydrogens (tertiary/aromatic N) is 2. The molecule has 0 bridgehead atoms. The Morgan fingerprint density at radius 1 is 0.970 bits per heavy atom. The van der Waals surface area contributed by atoms with Crippen LogP contribution in [-0.2, 0) is 15.6 Å². The normalized spacial score (nSPS) is 19.5. The van der Waals surface area contributed by atoms with Crippen molar-refractivity contribution >= 4 is 11.7 Å². The minimum absolute atomic E-state index is 0.188. The first-order valence-electron chi connectivity index (χ1n) is 12.1. The molecule has 1 amide bonds. The summed E-state index contributed by atoms with van der Waals surface area (Å²) in [5.74, 6) is 0. The number of hydrogen-bond acceptors (Lipinski definition) is 3. The largest absolute Gasteiger partial charge is 0.444 e. The molecule has 2 aliphatic rings. The summed E-state index contributed by atoms with van der Waals surface area (Å²) >= 11 is 0. The van der Waals surface area contributed by atoms with Crippen LogP contribution < -0.4 is 0 Å². The van der Waals surface area contributed by atoms with Gasteiger partial charge in [-0.3, -0.25) is 4.98 Å². The van der Waals surface area contributed by atoms with Gasteiger partial charge in [0.25, 0.3) is 0 Å². The van der Waals surface area contributed by atoms with Gasteiger partial charge < -0.3 is 9.64 Å². The fourth-order valence-corrected chi connectivity index (χ4v) is 4.95. The van der Waals surface area contributed by atoms with Crippen LogP contribution in [0.3, 0.4) is 0 Å². The molecule has 4 heteroatoms. The maximum Gasteiger partial charge on any atom is 0.410 e. The van der Waals surface area contributed by atoms with Crippen molar-refractivity contribution in [3.63, 3.8) is 0 Å². The average Bonchev–Trinajstić information content (AvgIpc) is 2.76. The van der Waals surface area contributed by atoms with E-state index in [0.717, 1.165) is 12.1 Å². The number of rotatable bonds is 2. The van der Waals surface area contributed by atoms with E-state index in [-0.39, 0.29) is 16.9 Å². The van der Waals surface area contributed by atoms with Crippen molar-refractivity contribution in [1.82, 2.24) is 9.88 Å². The van der Waals surface area contributed by atoms with Crippen molar-refractivity contribution in [1.29, 1.82) is 0 Å². The van der Waals surface area contributed by atoms with E-state index >= 15 is 0 Å². The predicted octanol–water partition coefficient (Wildman–Crippen LogP) is 7.12. The third-order valence-electron chi connectivity index (χ3n) is 7.14. The van der Waals surface area contributed by atoms with Gasteiger partial charge in [0, 0.05) is 19.3 Å². The zero-order valence-corrected chi connectivity index (χ0v) is 21.3. The Labute approximate surface area is 199 Å². The van der Waals surface area contributed by atoms with E-state index in [9.17, 15) is 4.79 Å². The second kappa shape index (κ2) is 8.30. The predicted molar refractivity (Wildman–Crippen MR) is 135 cm³/mol. The van der Waals surface area contributed by atoms with Crippen LogP contribution in [0.25, 0.3) is 16.7 Å². The van der Waals surface area contributed by atoms with Gasteiger partial charge in [-0.15, -0.1) is 0 Å². The summed E-state index contributed by atoms with van der Waals surface area (Å²) in [5.41, 5.74) is 7.51. The summed E-state index contributed by atoms with van der Waals surface area (Å²) in [6, 6.07) is 11.3. The van der Waals surface area contributed by atoms with Crippen LogP contribution in [0.1, 0.15) is 84.5 Å². The van der Waals surface area contributed by atoms with Crippen molar-refractivity contribution in [2.75, 3.05) is 13.1 Å². The van der Waals surface area contributed by atoms with E-state index in [1.54, 1.807) is 4.90 Å². The quantitative estimate of drug-likeness (QED) is 0.493. The first kappa shape index (κ1) is 23.5. The lowest BCUT2D eigenvalue weighted by molar-refractivity contribution is 0.0270. The maximum atomic E-state index is 12.4. The molecule has 0 spiro atoms. The Kier molecular flexibility index (Phi) is 5.92. The highest BCUT2D eigenvalue weighted by atomic mass is 16.6. The molecule has 1 aliphatic carbocycles. The van der Waals surface area contributed by atoms with E-state index in [0.29, 0.717) is 13.1 Å². The summed E-state index contributed by atoms with van der Waals surface area (Å²) in [7, 11) is 0. The molecule has 4 nitrogen and oxygen atoms in total. The molecule has 0 radical (unpaired) electrons. The molecular formula is C29H38N2O2. The molecule has 0 fully saturated rings. The third kappa shape index (κ3) is 5.00. The number of carbonyl (C=O) groups excluding carboxylic acids is 1. The Morgan fingerprint density at radius 3 is 2.27 bits per heavy atom. The van der Waals surface area contributed by atoms with Gasteiger partial charge >= 0.3 is 6.09 Å². The van der Waals surface area contributed by atoms with Crippen molar-refractivity contribution in [3.05, 3.63) is 59.4 Å². The highest BCUT2D eigenvalue weighted by molar-refractivity contribution is 5.74. The number of hydrogen-bond donors (Lipinski definition) is 0. The van der Waals surface area contributed by atoms with Crippen LogP contribution >= 0.6 is 0 Å². The van der Waals surface area contributed by atoms with Gasteiger partial charge in [-0.1, -0.05) is 52.0 Å². The lowest BCUT2D eigenvalue weighted by Crippen LogP contribution is -2.39. The van der Waals surface area contributed by atoms with E-state index in [4.69, 9.17) is 4.74 Å². The minimum Gasteiger partial charge on any atom is -0.444 e. The van der Waals surface area contributed by atoms with Crippen LogP contribution in [0.4, 0.5) is 4.79 Å². The van der Waals surface area contributed by atoms with Crippen LogP contribution in [0.5, 0.6) is 0 Å². The molecule has 33 heavy (non-hydrogen) atoms. The highest BCUT2D eigenvalue weighted by Gasteiger charge is 2.37. The minimum atomic E-state index is -0.477. The SMILES string of the molecule is CC(C)(C)OC(=O)N1CC=C(c2cc(-c3ccc4c(c3)C(C)(C)CCC4(C)C)ccn2)CC1. The van der Waals surface area contributed by atoms with Crippen LogP contribution in [0.15, 0.2) is 42.6 Å². The van der Waals surface area contributed by atoms with Crippen molar-refractivity contribution in [2.45, 2.75) is 84.2 Å². The summed E-state index contributed by atoms with van der Waals surface area (Å²) in [5, 5.41) is 0. The highest BCUT2D eigenvalue weighted by Crippen LogP contribution is 2.46. The lowest BCUT2D eigenvalue weighted by atomic mass is 9.63. The molecule has 0 unspecified atom stereocenters. The second-order valence-electron chi connectivity index (χ2n) is 11.9. The number of ether oxygens (including phenoxy) is 1. The Hall–Kier alpha value is -2.62.